The highest BCUT2D eigenvalue weighted by Gasteiger charge is 2.21. The molecule has 0 aromatic heterocycles. The molecule has 1 saturated carbocycles. The van der Waals surface area contributed by atoms with Crippen molar-refractivity contribution in [1.82, 2.24) is 5.32 Å². The van der Waals surface area contributed by atoms with Crippen molar-refractivity contribution in [1.29, 1.82) is 0 Å². The third kappa shape index (κ3) is 5.30. The van der Waals surface area contributed by atoms with Crippen molar-refractivity contribution in [3.8, 4) is 5.75 Å². The van der Waals surface area contributed by atoms with E-state index < -0.39 is 0 Å². The van der Waals surface area contributed by atoms with Crippen molar-refractivity contribution in [2.75, 3.05) is 6.54 Å². The fourth-order valence-electron chi connectivity index (χ4n) is 3.04. The summed E-state index contributed by atoms with van der Waals surface area (Å²) >= 11 is 3.56. The van der Waals surface area contributed by atoms with E-state index >= 15 is 0 Å². The van der Waals surface area contributed by atoms with Crippen molar-refractivity contribution < 1.29 is 4.74 Å². The van der Waals surface area contributed by atoms with Crippen molar-refractivity contribution in [3.63, 3.8) is 0 Å². The first-order valence-corrected chi connectivity index (χ1v) is 9.18. The van der Waals surface area contributed by atoms with Gasteiger partial charge in [-0.15, -0.1) is 0 Å². The Morgan fingerprint density at radius 3 is 2.62 bits per heavy atom. The molecule has 0 saturated heterocycles. The Bertz CT molecular complexity index is 427. The van der Waals surface area contributed by atoms with E-state index in [1.54, 1.807) is 0 Å². The van der Waals surface area contributed by atoms with Crippen molar-refractivity contribution in [2.24, 2.45) is 5.92 Å². The number of nitrogens with one attached hydrogen (secondary N) is 1. The molecule has 2 rings (SSSR count). The van der Waals surface area contributed by atoms with Crippen LogP contribution in [-0.2, 0) is 6.54 Å². The molecule has 0 heterocycles. The van der Waals surface area contributed by atoms with Gasteiger partial charge in [-0.25, -0.2) is 0 Å². The Morgan fingerprint density at radius 1 is 1.19 bits per heavy atom. The summed E-state index contributed by atoms with van der Waals surface area (Å²) in [6.07, 6.45) is 7.93. The van der Waals surface area contributed by atoms with Crippen LogP contribution in [0.15, 0.2) is 22.7 Å². The molecule has 0 unspecified atom stereocenters. The SMILES string of the molecule is CCCNCc1cc(Br)ccc1OC1CCC(CC)CC1. The molecule has 21 heavy (non-hydrogen) atoms. The molecule has 0 spiro atoms. The first-order valence-electron chi connectivity index (χ1n) is 8.38. The van der Waals surface area contributed by atoms with Crippen LogP contribution in [0.5, 0.6) is 5.75 Å². The smallest absolute Gasteiger partial charge is 0.124 e. The second-order valence-corrected chi connectivity index (χ2v) is 7.01. The molecule has 1 aliphatic carbocycles. The Labute approximate surface area is 137 Å². The van der Waals surface area contributed by atoms with E-state index in [1.165, 1.54) is 37.7 Å². The first kappa shape index (κ1) is 16.8. The molecular weight excluding hydrogens is 326 g/mol. The molecule has 0 radical (unpaired) electrons. The van der Waals surface area contributed by atoms with Gasteiger partial charge in [-0.1, -0.05) is 36.2 Å². The van der Waals surface area contributed by atoms with Gasteiger partial charge in [-0.05, 0) is 62.8 Å². The van der Waals surface area contributed by atoms with Crippen molar-refractivity contribution in [3.05, 3.63) is 28.2 Å². The Morgan fingerprint density at radius 2 is 1.95 bits per heavy atom. The van der Waals surface area contributed by atoms with E-state index in [4.69, 9.17) is 4.74 Å². The van der Waals surface area contributed by atoms with Gasteiger partial charge in [0.15, 0.2) is 0 Å². The second kappa shape index (κ2) is 8.79. The topological polar surface area (TPSA) is 21.3 Å². The monoisotopic (exact) mass is 353 g/mol. The molecule has 3 heteroatoms. The predicted molar refractivity (Wildman–Crippen MR) is 92.8 cm³/mol. The van der Waals surface area contributed by atoms with E-state index in [1.807, 2.05) is 0 Å². The number of benzene rings is 1. The van der Waals surface area contributed by atoms with Crippen LogP contribution in [0.2, 0.25) is 0 Å². The summed E-state index contributed by atoms with van der Waals surface area (Å²) in [4.78, 5) is 0. The molecule has 0 amide bonds. The lowest BCUT2D eigenvalue weighted by molar-refractivity contribution is 0.128. The van der Waals surface area contributed by atoms with Gasteiger partial charge < -0.3 is 10.1 Å². The zero-order valence-electron chi connectivity index (χ0n) is 13.3. The molecule has 0 aliphatic heterocycles. The molecule has 2 nitrogen and oxygen atoms in total. The second-order valence-electron chi connectivity index (χ2n) is 6.10. The summed E-state index contributed by atoms with van der Waals surface area (Å²) in [6, 6.07) is 6.37. The average molecular weight is 354 g/mol. The fourth-order valence-corrected chi connectivity index (χ4v) is 3.45. The van der Waals surface area contributed by atoms with Crippen molar-refractivity contribution >= 4 is 15.9 Å². The van der Waals surface area contributed by atoms with E-state index in [0.29, 0.717) is 6.10 Å². The number of halogens is 1. The van der Waals surface area contributed by atoms with Crippen LogP contribution in [0.25, 0.3) is 0 Å². The molecule has 0 atom stereocenters. The van der Waals surface area contributed by atoms with Crippen LogP contribution in [0.4, 0.5) is 0 Å². The summed E-state index contributed by atoms with van der Waals surface area (Å²) in [5.41, 5.74) is 1.26. The predicted octanol–water partition coefficient (Wildman–Crippen LogP) is 5.30. The van der Waals surface area contributed by atoms with Crippen LogP contribution in [0.3, 0.4) is 0 Å². The summed E-state index contributed by atoms with van der Waals surface area (Å²) in [5.74, 6) is 1.97. The van der Waals surface area contributed by atoms with Crippen LogP contribution >= 0.6 is 15.9 Å². The molecule has 1 N–H and O–H groups in total. The standard InChI is InChI=1S/C18H28BrNO/c1-3-11-20-13-15-12-16(19)7-10-18(15)21-17-8-5-14(4-2)6-9-17/h7,10,12,14,17,20H,3-6,8-9,11,13H2,1-2H3. The maximum atomic E-state index is 6.30. The van der Waals surface area contributed by atoms with Gasteiger partial charge >= 0.3 is 0 Å². The van der Waals surface area contributed by atoms with Gasteiger partial charge in [-0.3, -0.25) is 0 Å². The van der Waals surface area contributed by atoms with Gasteiger partial charge in [0.25, 0.3) is 0 Å². The van der Waals surface area contributed by atoms with Gasteiger partial charge in [0, 0.05) is 16.6 Å². The van der Waals surface area contributed by atoms with E-state index in [9.17, 15) is 0 Å². The quantitative estimate of drug-likeness (QED) is 0.671. The summed E-state index contributed by atoms with van der Waals surface area (Å²) in [6.45, 7) is 6.43. The zero-order chi connectivity index (χ0) is 15.1. The lowest BCUT2D eigenvalue weighted by Gasteiger charge is -2.29. The molecular formula is C18H28BrNO. The number of ether oxygens (including phenoxy) is 1. The highest BCUT2D eigenvalue weighted by molar-refractivity contribution is 9.10. The summed E-state index contributed by atoms with van der Waals surface area (Å²) in [5, 5.41) is 3.47. The maximum Gasteiger partial charge on any atom is 0.124 e. The van der Waals surface area contributed by atoms with Crippen LogP contribution < -0.4 is 10.1 Å². The average Bonchev–Trinajstić information content (AvgIpc) is 2.51. The molecule has 1 fully saturated rings. The Balaban J connectivity index is 1.95. The Hall–Kier alpha value is -0.540. The van der Waals surface area contributed by atoms with Gasteiger partial charge in [-0.2, -0.15) is 0 Å². The number of hydrogen-bond donors (Lipinski definition) is 1. The third-order valence-electron chi connectivity index (χ3n) is 4.43. The molecule has 0 bridgehead atoms. The third-order valence-corrected chi connectivity index (χ3v) is 4.92. The molecule has 118 valence electrons. The lowest BCUT2D eigenvalue weighted by Crippen LogP contribution is -2.25. The van der Waals surface area contributed by atoms with E-state index in [0.717, 1.165) is 35.7 Å². The van der Waals surface area contributed by atoms with Crippen LogP contribution in [0.1, 0.15) is 57.9 Å². The van der Waals surface area contributed by atoms with E-state index in [2.05, 4.69) is 53.3 Å². The van der Waals surface area contributed by atoms with Crippen LogP contribution in [-0.4, -0.2) is 12.6 Å². The minimum Gasteiger partial charge on any atom is -0.490 e. The molecule has 1 aromatic rings. The Kier molecular flexibility index (Phi) is 7.05. The largest absolute Gasteiger partial charge is 0.490 e. The van der Waals surface area contributed by atoms with Gasteiger partial charge in [0.2, 0.25) is 0 Å². The fraction of sp³-hybridized carbons (Fsp3) is 0.667. The molecule has 1 aromatic carbocycles. The molecule has 1 aliphatic rings. The first-order chi connectivity index (χ1) is 10.2. The minimum absolute atomic E-state index is 0.402. The van der Waals surface area contributed by atoms with Gasteiger partial charge in [0.05, 0.1) is 6.10 Å². The van der Waals surface area contributed by atoms with Gasteiger partial charge in [0.1, 0.15) is 5.75 Å². The highest BCUT2D eigenvalue weighted by Crippen LogP contribution is 2.31. The number of rotatable bonds is 7. The lowest BCUT2D eigenvalue weighted by atomic mass is 9.86. The normalized spacial score (nSPS) is 22.2. The summed E-state index contributed by atoms with van der Waals surface area (Å²) < 4.78 is 7.43. The summed E-state index contributed by atoms with van der Waals surface area (Å²) in [7, 11) is 0. The van der Waals surface area contributed by atoms with Crippen molar-refractivity contribution in [2.45, 2.75) is 65.0 Å². The minimum atomic E-state index is 0.402. The highest BCUT2D eigenvalue weighted by atomic mass is 79.9. The maximum absolute atomic E-state index is 6.30. The number of hydrogen-bond acceptors (Lipinski definition) is 2. The van der Waals surface area contributed by atoms with E-state index in [-0.39, 0.29) is 0 Å². The zero-order valence-corrected chi connectivity index (χ0v) is 14.9. The van der Waals surface area contributed by atoms with Crippen LogP contribution in [0, 0.1) is 5.92 Å².